The van der Waals surface area contributed by atoms with E-state index in [0.717, 1.165) is 12.8 Å². The molecule has 2 N–H and O–H groups in total. The van der Waals surface area contributed by atoms with Crippen LogP contribution in [0.25, 0.3) is 10.9 Å². The molecule has 2 heterocycles. The molecule has 2 aliphatic rings. The van der Waals surface area contributed by atoms with Gasteiger partial charge in [-0.1, -0.05) is 23.7 Å². The Balaban J connectivity index is 1.29. The van der Waals surface area contributed by atoms with E-state index in [9.17, 15) is 28.0 Å². The van der Waals surface area contributed by atoms with Crippen LogP contribution in [0.15, 0.2) is 42.6 Å². The Morgan fingerprint density at radius 2 is 1.93 bits per heavy atom. The van der Waals surface area contributed by atoms with Crippen molar-refractivity contribution in [3.8, 4) is 0 Å². The molecule has 9 nitrogen and oxygen atoms in total. The molecule has 5 rings (SSSR count). The van der Waals surface area contributed by atoms with Crippen molar-refractivity contribution in [3.63, 3.8) is 0 Å². The third-order valence-corrected chi connectivity index (χ3v) is 7.61. The van der Waals surface area contributed by atoms with E-state index in [1.54, 1.807) is 28.8 Å². The summed E-state index contributed by atoms with van der Waals surface area (Å²) in [4.78, 5) is 51.9. The summed E-state index contributed by atoms with van der Waals surface area (Å²) in [7, 11) is 0. The fourth-order valence-electron chi connectivity index (χ4n) is 4.95. The Hall–Kier alpha value is -3.99. The van der Waals surface area contributed by atoms with Crippen LogP contribution in [0.2, 0.25) is 5.02 Å². The van der Waals surface area contributed by atoms with E-state index in [1.807, 2.05) is 0 Å². The van der Waals surface area contributed by atoms with Crippen LogP contribution in [-0.4, -0.2) is 58.5 Å². The number of benzene rings is 2. The van der Waals surface area contributed by atoms with Crippen molar-refractivity contribution in [2.24, 2.45) is 5.92 Å². The molecule has 12 heteroatoms. The molecular formula is C29H29ClF2N4O5. The summed E-state index contributed by atoms with van der Waals surface area (Å²) in [5, 5.41) is 5.67. The number of fused-ring (bicyclic) bond motifs is 1. The number of ether oxygens (including phenoxy) is 1. The molecule has 2 fully saturated rings. The predicted molar refractivity (Wildman–Crippen MR) is 148 cm³/mol. The molecule has 1 saturated carbocycles. The number of aromatic nitrogens is 1. The van der Waals surface area contributed by atoms with Gasteiger partial charge in [0.05, 0.1) is 18.2 Å². The second-order valence-electron chi connectivity index (χ2n) is 10.5. The molecule has 1 saturated heterocycles. The zero-order valence-corrected chi connectivity index (χ0v) is 23.0. The quantitative estimate of drug-likeness (QED) is 0.348. The van der Waals surface area contributed by atoms with Gasteiger partial charge in [0.2, 0.25) is 11.8 Å². The zero-order valence-electron chi connectivity index (χ0n) is 22.3. The van der Waals surface area contributed by atoms with Crippen LogP contribution in [0, 0.1) is 11.7 Å². The first-order valence-electron chi connectivity index (χ1n) is 13.3. The monoisotopic (exact) mass is 586 g/mol. The first-order valence-corrected chi connectivity index (χ1v) is 13.7. The number of ketones is 1. The average molecular weight is 587 g/mol. The van der Waals surface area contributed by atoms with Crippen molar-refractivity contribution in [3.05, 3.63) is 64.6 Å². The van der Waals surface area contributed by atoms with Crippen LogP contribution in [-0.2, 0) is 27.4 Å². The number of hydrogen-bond acceptors (Lipinski definition) is 5. The number of halogens is 3. The van der Waals surface area contributed by atoms with Crippen molar-refractivity contribution in [2.45, 2.75) is 51.5 Å². The lowest BCUT2D eigenvalue weighted by atomic mass is 10.1. The molecule has 41 heavy (non-hydrogen) atoms. The molecule has 0 spiro atoms. The second kappa shape index (κ2) is 11.9. The molecular weight excluding hydrogens is 558 g/mol. The number of Topliss-reactive ketones (excluding diaryl/α,β-unsaturated/α-hetero) is 1. The topological polar surface area (TPSA) is 110 Å². The molecule has 1 aromatic heterocycles. The highest BCUT2D eigenvalue weighted by Crippen LogP contribution is 2.30. The van der Waals surface area contributed by atoms with Gasteiger partial charge in [-0.25, -0.2) is 13.6 Å². The number of carbonyl (C=O) groups excluding carboxylic acids is 4. The van der Waals surface area contributed by atoms with Gasteiger partial charge in [-0.15, -0.1) is 0 Å². The molecule has 2 aromatic carbocycles. The first-order chi connectivity index (χ1) is 19.6. The van der Waals surface area contributed by atoms with Crippen LogP contribution in [0.4, 0.5) is 19.3 Å². The van der Waals surface area contributed by atoms with Gasteiger partial charge in [0.15, 0.2) is 5.78 Å². The first kappa shape index (κ1) is 28.5. The molecule has 0 bridgehead atoms. The van der Waals surface area contributed by atoms with Crippen LogP contribution >= 0.6 is 11.6 Å². The molecule has 1 aliphatic carbocycles. The van der Waals surface area contributed by atoms with Gasteiger partial charge >= 0.3 is 6.09 Å². The van der Waals surface area contributed by atoms with Crippen LogP contribution < -0.4 is 10.6 Å². The standard InChI is InChI=1S/C29H29ClF2N4O5/c1-16(37)22-13-35(24-8-7-20(10-21(22)24)34-29(40)41-15-17-5-6-17)14-26(38)36-12-19(31)9-25(36)28(39)33-11-18-3-2-4-23(30)27(18)32/h2-4,7-8,10,13,17,19,25H,5-6,9,11-12,14-15H2,1H3,(H,33,39)(H,34,40). The molecule has 216 valence electrons. The summed E-state index contributed by atoms with van der Waals surface area (Å²) in [6, 6.07) is 8.25. The second-order valence-corrected chi connectivity index (χ2v) is 10.9. The van der Waals surface area contributed by atoms with Crippen molar-refractivity contribution in [1.29, 1.82) is 0 Å². The molecule has 0 radical (unpaired) electrons. The number of carbonyl (C=O) groups is 4. The number of anilines is 1. The van der Waals surface area contributed by atoms with E-state index in [4.69, 9.17) is 16.3 Å². The van der Waals surface area contributed by atoms with Gasteiger partial charge in [0.25, 0.3) is 0 Å². The molecule has 2 atom stereocenters. The lowest BCUT2D eigenvalue weighted by molar-refractivity contribution is -0.139. The van der Waals surface area contributed by atoms with Gasteiger partial charge in [-0.05, 0) is 49.9 Å². The van der Waals surface area contributed by atoms with Crippen molar-refractivity contribution < 1.29 is 32.7 Å². The number of amides is 3. The number of nitrogens with one attached hydrogen (secondary N) is 2. The fraction of sp³-hybridized carbons (Fsp3) is 0.379. The minimum Gasteiger partial charge on any atom is -0.449 e. The van der Waals surface area contributed by atoms with E-state index < -0.39 is 35.9 Å². The number of rotatable bonds is 9. The van der Waals surface area contributed by atoms with Gasteiger partial charge in [-0.2, -0.15) is 0 Å². The van der Waals surface area contributed by atoms with Crippen LogP contribution in [0.1, 0.15) is 42.1 Å². The number of nitrogens with zero attached hydrogens (tertiary/aromatic N) is 2. The van der Waals surface area contributed by atoms with E-state index >= 15 is 0 Å². The lowest BCUT2D eigenvalue weighted by Gasteiger charge is -2.24. The van der Waals surface area contributed by atoms with Crippen molar-refractivity contribution in [2.75, 3.05) is 18.5 Å². The van der Waals surface area contributed by atoms with Crippen LogP contribution in [0.3, 0.4) is 0 Å². The average Bonchev–Trinajstić information content (AvgIpc) is 3.58. The van der Waals surface area contributed by atoms with Gasteiger partial charge in [0.1, 0.15) is 24.6 Å². The fourth-order valence-corrected chi connectivity index (χ4v) is 5.14. The Morgan fingerprint density at radius 3 is 2.66 bits per heavy atom. The summed E-state index contributed by atoms with van der Waals surface area (Å²) < 4.78 is 35.4. The predicted octanol–water partition coefficient (Wildman–Crippen LogP) is 4.85. The maximum absolute atomic E-state index is 14.4. The van der Waals surface area contributed by atoms with Gasteiger partial charge in [0, 0.05) is 46.9 Å². The minimum atomic E-state index is -1.40. The highest BCUT2D eigenvalue weighted by Gasteiger charge is 2.39. The third-order valence-electron chi connectivity index (χ3n) is 7.32. The summed E-state index contributed by atoms with van der Waals surface area (Å²) >= 11 is 5.80. The maximum atomic E-state index is 14.4. The Labute approximate surface area is 239 Å². The SMILES string of the molecule is CC(=O)c1cn(CC(=O)N2CC(F)CC2C(=O)NCc2cccc(Cl)c2F)c2ccc(NC(=O)OCC3CC3)cc12. The van der Waals surface area contributed by atoms with E-state index in [1.165, 1.54) is 30.2 Å². The van der Waals surface area contributed by atoms with Crippen molar-refractivity contribution in [1.82, 2.24) is 14.8 Å². The van der Waals surface area contributed by atoms with E-state index in [2.05, 4.69) is 10.6 Å². The Morgan fingerprint density at radius 1 is 1.15 bits per heavy atom. The third kappa shape index (κ3) is 6.51. The van der Waals surface area contributed by atoms with Crippen LogP contribution in [0.5, 0.6) is 0 Å². The normalized spacial score (nSPS) is 18.4. The summed E-state index contributed by atoms with van der Waals surface area (Å²) in [6.07, 6.45) is 1.44. The van der Waals surface area contributed by atoms with Gasteiger partial charge < -0.3 is 19.5 Å². The Kier molecular flexibility index (Phi) is 8.25. The highest BCUT2D eigenvalue weighted by atomic mass is 35.5. The number of alkyl halides is 1. The minimum absolute atomic E-state index is 0.0847. The molecule has 3 amide bonds. The summed E-state index contributed by atoms with van der Waals surface area (Å²) in [5.74, 6) is -1.61. The highest BCUT2D eigenvalue weighted by molar-refractivity contribution is 6.30. The molecule has 3 aromatic rings. The molecule has 2 unspecified atom stereocenters. The van der Waals surface area contributed by atoms with Gasteiger partial charge in [-0.3, -0.25) is 19.7 Å². The lowest BCUT2D eigenvalue weighted by Crippen LogP contribution is -2.46. The van der Waals surface area contributed by atoms with Crippen molar-refractivity contribution >= 4 is 51.9 Å². The largest absolute Gasteiger partial charge is 0.449 e. The number of likely N-dealkylation sites (tertiary alicyclic amines) is 1. The Bertz CT molecular complexity index is 1520. The maximum Gasteiger partial charge on any atom is 0.411 e. The summed E-state index contributed by atoms with van der Waals surface area (Å²) in [6.45, 7) is 1.06. The molecule has 1 aliphatic heterocycles. The number of hydrogen-bond donors (Lipinski definition) is 2. The smallest absolute Gasteiger partial charge is 0.411 e. The van der Waals surface area contributed by atoms with E-state index in [0.29, 0.717) is 34.7 Å². The zero-order chi connectivity index (χ0) is 29.3. The summed E-state index contributed by atoms with van der Waals surface area (Å²) in [5.41, 5.74) is 1.48. The van der Waals surface area contributed by atoms with E-state index in [-0.39, 0.29) is 42.4 Å².